The number of carbonyl (C=O) groups is 1. The van der Waals surface area contributed by atoms with E-state index >= 15 is 0 Å². The molecule has 5 rings (SSSR count). The molecule has 1 saturated heterocycles. The van der Waals surface area contributed by atoms with Crippen LogP contribution < -0.4 is 10.3 Å². The van der Waals surface area contributed by atoms with Gasteiger partial charge in [-0.3, -0.25) is 9.59 Å². The molecule has 1 aliphatic rings. The van der Waals surface area contributed by atoms with E-state index in [1.807, 2.05) is 55.5 Å². The Balaban J connectivity index is 1.57. The number of hydrogen-bond acceptors (Lipinski definition) is 6. The van der Waals surface area contributed by atoms with Crippen molar-refractivity contribution in [1.82, 2.24) is 14.6 Å². The van der Waals surface area contributed by atoms with E-state index in [9.17, 15) is 9.59 Å². The standard InChI is InChI=1S/C29H29BrN4O4/c1-3-19(2)28-32-25-10-9-21(30)16-23(25)29(36)34(28)31-17-24-22-7-5-4-6-20(22)8-11-26(24)38-18-27(35)33-12-14-37-15-13-33/h4-11,16-17,19H,3,12-15,18H2,1-2H3/t19-/m0/s1. The lowest BCUT2D eigenvalue weighted by atomic mass is 10.0. The van der Waals surface area contributed by atoms with E-state index < -0.39 is 0 Å². The van der Waals surface area contributed by atoms with Crippen LogP contribution in [0.1, 0.15) is 37.6 Å². The Morgan fingerprint density at radius 1 is 1.16 bits per heavy atom. The van der Waals surface area contributed by atoms with Gasteiger partial charge in [0.1, 0.15) is 11.6 Å². The molecule has 1 aromatic heterocycles. The van der Waals surface area contributed by atoms with Gasteiger partial charge >= 0.3 is 0 Å². The maximum atomic E-state index is 13.6. The molecule has 196 valence electrons. The van der Waals surface area contributed by atoms with Crippen molar-refractivity contribution in [3.63, 3.8) is 0 Å². The van der Waals surface area contributed by atoms with Crippen LogP contribution in [0.25, 0.3) is 21.7 Å². The summed E-state index contributed by atoms with van der Waals surface area (Å²) in [5.74, 6) is 1.03. The molecule has 3 aromatic carbocycles. The zero-order valence-electron chi connectivity index (χ0n) is 21.4. The third kappa shape index (κ3) is 5.35. The smallest absolute Gasteiger partial charge is 0.282 e. The normalized spacial score (nSPS) is 14.9. The van der Waals surface area contributed by atoms with Crippen molar-refractivity contribution in [3.8, 4) is 5.75 Å². The number of aromatic nitrogens is 2. The summed E-state index contributed by atoms with van der Waals surface area (Å²) in [6.45, 7) is 6.16. The molecular formula is C29H29BrN4O4. The Morgan fingerprint density at radius 2 is 1.95 bits per heavy atom. The van der Waals surface area contributed by atoms with E-state index in [1.165, 1.54) is 4.68 Å². The first kappa shape index (κ1) is 26.1. The number of carbonyl (C=O) groups excluding carboxylic acids is 1. The molecule has 4 aromatic rings. The minimum atomic E-state index is -0.243. The Morgan fingerprint density at radius 3 is 2.74 bits per heavy atom. The molecule has 8 nitrogen and oxygen atoms in total. The second kappa shape index (κ2) is 11.4. The maximum Gasteiger partial charge on any atom is 0.282 e. The van der Waals surface area contributed by atoms with Crippen LogP contribution in [-0.4, -0.2) is 59.6 Å². The van der Waals surface area contributed by atoms with Crippen LogP contribution in [0.4, 0.5) is 0 Å². The van der Waals surface area contributed by atoms with Crippen LogP contribution in [0.2, 0.25) is 0 Å². The number of nitrogens with zero attached hydrogens (tertiary/aromatic N) is 4. The number of morpholine rings is 1. The van der Waals surface area contributed by atoms with Crippen molar-refractivity contribution in [2.24, 2.45) is 5.10 Å². The molecule has 2 heterocycles. The third-order valence-electron chi connectivity index (χ3n) is 6.83. The highest BCUT2D eigenvalue weighted by Crippen LogP contribution is 2.27. The van der Waals surface area contributed by atoms with Crippen LogP contribution in [0, 0.1) is 0 Å². The van der Waals surface area contributed by atoms with Gasteiger partial charge in [-0.25, -0.2) is 4.98 Å². The van der Waals surface area contributed by atoms with Gasteiger partial charge in [-0.05, 0) is 41.5 Å². The predicted octanol–water partition coefficient (Wildman–Crippen LogP) is 4.95. The van der Waals surface area contributed by atoms with E-state index in [2.05, 4.69) is 28.0 Å². The number of ether oxygens (including phenoxy) is 2. The fourth-order valence-corrected chi connectivity index (χ4v) is 4.83. The Labute approximate surface area is 229 Å². The van der Waals surface area contributed by atoms with Crippen LogP contribution in [0.5, 0.6) is 5.75 Å². The lowest BCUT2D eigenvalue weighted by Crippen LogP contribution is -2.43. The molecule has 1 atom stereocenters. The lowest BCUT2D eigenvalue weighted by Gasteiger charge is -2.26. The number of halogens is 1. The molecule has 1 amide bonds. The first-order valence-corrected chi connectivity index (χ1v) is 13.5. The highest BCUT2D eigenvalue weighted by molar-refractivity contribution is 9.10. The monoisotopic (exact) mass is 576 g/mol. The second-order valence-electron chi connectivity index (χ2n) is 9.28. The molecule has 0 N–H and O–H groups in total. The fraction of sp³-hybridized carbons (Fsp3) is 0.310. The molecule has 0 saturated carbocycles. The Kier molecular flexibility index (Phi) is 7.85. The van der Waals surface area contributed by atoms with E-state index in [4.69, 9.17) is 14.5 Å². The quantitative estimate of drug-likeness (QED) is 0.291. The van der Waals surface area contributed by atoms with E-state index in [1.54, 1.807) is 17.2 Å². The molecule has 0 unspecified atom stereocenters. The van der Waals surface area contributed by atoms with E-state index in [0.29, 0.717) is 54.3 Å². The largest absolute Gasteiger partial charge is 0.483 e. The highest BCUT2D eigenvalue weighted by Gasteiger charge is 2.19. The van der Waals surface area contributed by atoms with E-state index in [-0.39, 0.29) is 24.0 Å². The summed E-state index contributed by atoms with van der Waals surface area (Å²) in [4.78, 5) is 32.8. The molecule has 0 radical (unpaired) electrons. The summed E-state index contributed by atoms with van der Waals surface area (Å²) in [6.07, 6.45) is 2.44. The lowest BCUT2D eigenvalue weighted by molar-refractivity contribution is -0.137. The molecule has 9 heteroatoms. The van der Waals surface area contributed by atoms with Crippen molar-refractivity contribution in [3.05, 3.63) is 80.8 Å². The minimum Gasteiger partial charge on any atom is -0.483 e. The van der Waals surface area contributed by atoms with E-state index in [0.717, 1.165) is 21.7 Å². The van der Waals surface area contributed by atoms with Crippen LogP contribution in [-0.2, 0) is 9.53 Å². The number of fused-ring (bicyclic) bond motifs is 2. The maximum absolute atomic E-state index is 13.6. The molecular weight excluding hydrogens is 548 g/mol. The van der Waals surface area contributed by atoms with Crippen LogP contribution in [0.15, 0.2) is 69.0 Å². The van der Waals surface area contributed by atoms with Gasteiger partial charge in [0.15, 0.2) is 6.61 Å². The van der Waals surface area contributed by atoms with Crippen LogP contribution in [0.3, 0.4) is 0 Å². The first-order valence-electron chi connectivity index (χ1n) is 12.7. The van der Waals surface area contributed by atoms with Crippen molar-refractivity contribution in [2.75, 3.05) is 32.9 Å². The van der Waals surface area contributed by atoms with Gasteiger partial charge in [0.05, 0.1) is 30.3 Å². The number of rotatable bonds is 7. The SMILES string of the molecule is CC[C@H](C)c1nc2ccc(Br)cc2c(=O)n1N=Cc1c(OCC(=O)N2CCOCC2)ccc2ccccc12. The number of hydrogen-bond donors (Lipinski definition) is 0. The summed E-state index contributed by atoms with van der Waals surface area (Å²) in [7, 11) is 0. The number of amides is 1. The van der Waals surface area contributed by atoms with Crippen molar-refractivity contribution >= 4 is 49.7 Å². The highest BCUT2D eigenvalue weighted by atomic mass is 79.9. The van der Waals surface area contributed by atoms with Crippen molar-refractivity contribution in [1.29, 1.82) is 0 Å². The minimum absolute atomic E-state index is 0.0160. The summed E-state index contributed by atoms with van der Waals surface area (Å²) < 4.78 is 13.6. The molecule has 38 heavy (non-hydrogen) atoms. The summed E-state index contributed by atoms with van der Waals surface area (Å²) in [5, 5.41) is 7.04. The van der Waals surface area contributed by atoms with Gasteiger partial charge in [-0.15, -0.1) is 0 Å². The topological polar surface area (TPSA) is 86.0 Å². The fourth-order valence-electron chi connectivity index (χ4n) is 4.47. The van der Waals surface area contributed by atoms with Gasteiger partial charge in [-0.1, -0.05) is 60.1 Å². The van der Waals surface area contributed by atoms with Crippen LogP contribution >= 0.6 is 15.9 Å². The number of benzene rings is 3. The molecule has 0 bridgehead atoms. The molecule has 0 spiro atoms. The zero-order valence-corrected chi connectivity index (χ0v) is 23.0. The third-order valence-corrected chi connectivity index (χ3v) is 7.33. The molecule has 0 aliphatic carbocycles. The summed E-state index contributed by atoms with van der Waals surface area (Å²) in [5.41, 5.74) is 1.08. The van der Waals surface area contributed by atoms with Gasteiger partial charge in [0, 0.05) is 29.0 Å². The molecule has 1 fully saturated rings. The van der Waals surface area contributed by atoms with Gasteiger partial charge in [0.25, 0.3) is 11.5 Å². The molecule has 1 aliphatic heterocycles. The Hall–Kier alpha value is -3.56. The summed E-state index contributed by atoms with van der Waals surface area (Å²) >= 11 is 3.45. The zero-order chi connectivity index (χ0) is 26.6. The summed E-state index contributed by atoms with van der Waals surface area (Å²) in [6, 6.07) is 17.1. The second-order valence-corrected chi connectivity index (χ2v) is 10.2. The van der Waals surface area contributed by atoms with Gasteiger partial charge in [0.2, 0.25) is 0 Å². The van der Waals surface area contributed by atoms with Crippen molar-refractivity contribution in [2.45, 2.75) is 26.2 Å². The average Bonchev–Trinajstić information content (AvgIpc) is 2.95. The van der Waals surface area contributed by atoms with Gasteiger partial charge < -0.3 is 14.4 Å². The predicted molar refractivity (Wildman–Crippen MR) is 152 cm³/mol. The average molecular weight is 577 g/mol. The van der Waals surface area contributed by atoms with Crippen molar-refractivity contribution < 1.29 is 14.3 Å². The van der Waals surface area contributed by atoms with Gasteiger partial charge in [-0.2, -0.15) is 9.78 Å². The Bertz CT molecular complexity index is 1580. The first-order chi connectivity index (χ1) is 18.5.